The normalized spacial score (nSPS) is 21.1. The minimum absolute atomic E-state index is 0. The van der Waals surface area contributed by atoms with Gasteiger partial charge in [-0.1, -0.05) is 76.9 Å². The summed E-state index contributed by atoms with van der Waals surface area (Å²) < 4.78 is 2.73. The van der Waals surface area contributed by atoms with E-state index in [-0.39, 0.29) is 58.0 Å². The van der Waals surface area contributed by atoms with Crippen LogP contribution in [0.15, 0.2) is 54.6 Å². The fourth-order valence-corrected chi connectivity index (χ4v) is 11.2. The maximum atomic E-state index is 13.1. The number of nitrogens with zero attached hydrogens (tertiary/aromatic N) is 5. The molecule has 3 aromatic heterocycles. The molecular weight excluding hydrogens is 965 g/mol. The number of carboxylic acid groups (broad SMARTS) is 1. The molecule has 410 valence electrons. The maximum Gasteiger partial charge on any atom is 0.311 e. The number of carbonyl (C=O) groups excluding carboxylic acids is 2. The van der Waals surface area contributed by atoms with Crippen molar-refractivity contribution in [3.63, 3.8) is 0 Å². The standard InChI is InChI=1S/2C18H22N4O2.C11H13NO2.C7H11N3O.3CH4/c2*1-10-3-2-4-12-13(7-8-20-16(10)12)18(24)22-17(19)14-6-5-11(23)9-15(14)21-22;1-7-3-2-4-8-9(11(13)14)5-6-12-10(7)8;8-7-5-2-1-4(11)3-6(5)9-10-7;;;/h2*2-4,11,13,20,23H,5-9,19H2,1H3;2-4,9,12H,5-6H2,1H3,(H,13,14);4,11H,1-3H2,(H3,8,9,10);3*1H4/t11-,13+;11-,13-;;4-;;;/m00.0.../s1. The van der Waals surface area contributed by atoms with E-state index in [0.29, 0.717) is 68.8 Å². The van der Waals surface area contributed by atoms with E-state index in [9.17, 15) is 29.7 Å². The molecule has 0 saturated heterocycles. The van der Waals surface area contributed by atoms with E-state index in [1.54, 1.807) is 0 Å². The molecule has 1 unspecified atom stereocenters. The summed E-state index contributed by atoms with van der Waals surface area (Å²) in [7, 11) is 0. The fourth-order valence-electron chi connectivity index (χ4n) is 11.2. The fraction of sp³-hybridized carbons (Fsp3) is 0.474. The number of carbonyl (C=O) groups is 3. The van der Waals surface area contributed by atoms with E-state index in [1.807, 2.05) is 75.4 Å². The van der Waals surface area contributed by atoms with Crippen LogP contribution < -0.4 is 33.2 Å². The highest BCUT2D eigenvalue weighted by molar-refractivity contribution is 5.91. The number of para-hydroxylation sites is 3. The number of aliphatic hydroxyl groups is 3. The SMILES string of the molecule is C.C.C.Cc1cccc2c1NCCC2C(=O)O.Cc1cccc2c1NCC[C@@H]2C(=O)n1nc2c(c1N)CC[C@H](O)C2.Cc1cccc2c1NCC[C@H]2C(=O)n1nc2c(c1N)CC[C@H](O)C2.Nc1n[nH]c2c1CC[C@H](O)C2. The zero-order chi connectivity index (χ0) is 51.7. The third-order valence-electron chi connectivity index (χ3n) is 15.2. The van der Waals surface area contributed by atoms with E-state index in [2.05, 4.69) is 36.3 Å². The van der Waals surface area contributed by atoms with Crippen molar-refractivity contribution < 1.29 is 34.8 Å². The van der Waals surface area contributed by atoms with Crippen molar-refractivity contribution in [1.29, 1.82) is 0 Å². The average molecular weight is 1050 g/mol. The van der Waals surface area contributed by atoms with Gasteiger partial charge in [-0.05, 0) is 112 Å². The topological polar surface area (TPSA) is 311 Å². The minimum Gasteiger partial charge on any atom is -0.481 e. The van der Waals surface area contributed by atoms with E-state index in [4.69, 9.17) is 22.3 Å². The summed E-state index contributed by atoms with van der Waals surface area (Å²) in [4.78, 5) is 37.2. The van der Waals surface area contributed by atoms with Crippen LogP contribution in [-0.2, 0) is 43.3 Å². The molecule has 12 rings (SSSR count). The molecule has 3 aliphatic heterocycles. The van der Waals surface area contributed by atoms with Crippen molar-refractivity contribution in [2.24, 2.45) is 0 Å². The summed E-state index contributed by atoms with van der Waals surface area (Å²) in [5, 5.41) is 63.6. The molecular formula is C57H80N12O7. The second-order valence-electron chi connectivity index (χ2n) is 20.1. The molecule has 19 heteroatoms. The van der Waals surface area contributed by atoms with Gasteiger partial charge in [0, 0.05) is 78.3 Å². The third kappa shape index (κ3) is 11.8. The average Bonchev–Trinajstić information content (AvgIpc) is 4.04. The second kappa shape index (κ2) is 24.6. The van der Waals surface area contributed by atoms with Gasteiger partial charge in [-0.2, -0.15) is 24.7 Å². The number of H-pyrrole nitrogens is 1. The molecule has 76 heavy (non-hydrogen) atoms. The largest absolute Gasteiger partial charge is 0.481 e. The molecule has 0 bridgehead atoms. The van der Waals surface area contributed by atoms with Gasteiger partial charge in [0.15, 0.2) is 0 Å². The monoisotopic (exact) mass is 1040 g/mol. The van der Waals surface area contributed by atoms with E-state index in [1.165, 1.54) is 9.36 Å². The quantitative estimate of drug-likeness (QED) is 0.0820. The Morgan fingerprint density at radius 1 is 0.539 bits per heavy atom. The lowest BCUT2D eigenvalue weighted by Crippen LogP contribution is -2.28. The number of nitrogen functional groups attached to an aromatic ring is 3. The number of aromatic amines is 1. The Labute approximate surface area is 446 Å². The molecule has 6 aliphatic rings. The van der Waals surface area contributed by atoms with Crippen LogP contribution in [0.2, 0.25) is 0 Å². The van der Waals surface area contributed by atoms with Gasteiger partial charge >= 0.3 is 5.97 Å². The number of aryl methyl sites for hydroxylation is 3. The van der Waals surface area contributed by atoms with Gasteiger partial charge in [-0.3, -0.25) is 19.5 Å². The van der Waals surface area contributed by atoms with Crippen molar-refractivity contribution in [2.75, 3.05) is 52.8 Å². The number of aliphatic hydroxyl groups excluding tert-OH is 3. The molecule has 3 aromatic carbocycles. The van der Waals surface area contributed by atoms with Gasteiger partial charge in [0.2, 0.25) is 0 Å². The van der Waals surface area contributed by atoms with Gasteiger partial charge in [0.25, 0.3) is 11.8 Å². The molecule has 0 spiro atoms. The predicted molar refractivity (Wildman–Crippen MR) is 301 cm³/mol. The first-order valence-electron chi connectivity index (χ1n) is 25.5. The Kier molecular flexibility index (Phi) is 18.8. The summed E-state index contributed by atoms with van der Waals surface area (Å²) in [6.07, 6.45) is 7.08. The Morgan fingerprint density at radius 2 is 0.908 bits per heavy atom. The summed E-state index contributed by atoms with van der Waals surface area (Å²) in [6, 6.07) is 17.9. The molecule has 6 heterocycles. The van der Waals surface area contributed by atoms with Crippen LogP contribution in [0.4, 0.5) is 34.5 Å². The molecule has 19 nitrogen and oxygen atoms in total. The van der Waals surface area contributed by atoms with Gasteiger partial charge in [0.1, 0.15) is 17.5 Å². The number of carboxylic acids is 1. The number of benzene rings is 3. The highest BCUT2D eigenvalue weighted by Crippen LogP contribution is 2.39. The minimum atomic E-state index is -0.724. The number of nitrogens with two attached hydrogens (primary N) is 3. The number of aliphatic carboxylic acids is 1. The zero-order valence-electron chi connectivity index (χ0n) is 41.7. The van der Waals surface area contributed by atoms with Gasteiger partial charge in [-0.25, -0.2) is 0 Å². The molecule has 6 atom stereocenters. The first-order valence-corrected chi connectivity index (χ1v) is 25.5. The summed E-state index contributed by atoms with van der Waals surface area (Å²) >= 11 is 0. The highest BCUT2D eigenvalue weighted by atomic mass is 16.4. The van der Waals surface area contributed by atoms with E-state index in [0.717, 1.165) is 130 Å². The summed E-state index contributed by atoms with van der Waals surface area (Å²) in [5.74, 6) is -0.236. The van der Waals surface area contributed by atoms with Crippen molar-refractivity contribution in [2.45, 2.75) is 156 Å². The Hall–Kier alpha value is -7.22. The predicted octanol–water partition coefficient (Wildman–Crippen LogP) is 7.45. The van der Waals surface area contributed by atoms with Gasteiger partial charge in [-0.15, -0.1) is 0 Å². The lowest BCUT2D eigenvalue weighted by molar-refractivity contribution is -0.139. The lowest BCUT2D eigenvalue weighted by atomic mass is 9.88. The second-order valence-corrected chi connectivity index (χ2v) is 20.1. The number of nitrogens with one attached hydrogen (secondary N) is 4. The van der Waals surface area contributed by atoms with Crippen LogP contribution >= 0.6 is 0 Å². The van der Waals surface area contributed by atoms with Crippen molar-refractivity contribution >= 4 is 52.3 Å². The molecule has 3 aliphatic carbocycles. The van der Waals surface area contributed by atoms with Crippen LogP contribution in [-0.4, -0.2) is 106 Å². The number of hydrogen-bond acceptors (Lipinski definition) is 15. The third-order valence-corrected chi connectivity index (χ3v) is 15.2. The molecule has 14 N–H and O–H groups in total. The van der Waals surface area contributed by atoms with Crippen LogP contribution in [0, 0.1) is 20.8 Å². The van der Waals surface area contributed by atoms with Crippen molar-refractivity contribution in [3.05, 3.63) is 122 Å². The first-order chi connectivity index (χ1) is 35.1. The zero-order valence-corrected chi connectivity index (χ0v) is 41.7. The van der Waals surface area contributed by atoms with Crippen molar-refractivity contribution in [3.8, 4) is 0 Å². The number of fused-ring (bicyclic) bond motifs is 6. The Balaban J connectivity index is 0.000000170. The molecule has 6 aromatic rings. The molecule has 0 radical (unpaired) electrons. The highest BCUT2D eigenvalue weighted by Gasteiger charge is 2.35. The number of rotatable bonds is 3. The molecule has 0 saturated carbocycles. The lowest BCUT2D eigenvalue weighted by Gasteiger charge is -2.27. The van der Waals surface area contributed by atoms with Crippen LogP contribution in [0.1, 0.15) is 155 Å². The van der Waals surface area contributed by atoms with Crippen LogP contribution in [0.5, 0.6) is 0 Å². The van der Waals surface area contributed by atoms with E-state index < -0.39 is 18.2 Å². The summed E-state index contributed by atoms with van der Waals surface area (Å²) in [5.41, 5.74) is 32.9. The van der Waals surface area contributed by atoms with Gasteiger partial charge < -0.3 is 53.6 Å². The Bertz CT molecular complexity index is 2900. The smallest absolute Gasteiger partial charge is 0.311 e. The first kappa shape index (κ1) is 58.0. The Morgan fingerprint density at radius 3 is 1.32 bits per heavy atom. The maximum absolute atomic E-state index is 13.1. The van der Waals surface area contributed by atoms with E-state index >= 15 is 0 Å². The number of anilines is 6. The van der Waals surface area contributed by atoms with Gasteiger partial charge in [0.05, 0.1) is 47.5 Å². The molecule has 0 amide bonds. The van der Waals surface area contributed by atoms with Crippen molar-refractivity contribution in [1.82, 2.24) is 29.8 Å². The number of hydrogen-bond donors (Lipinski definition) is 11. The van der Waals surface area contributed by atoms with Crippen LogP contribution in [0.25, 0.3) is 0 Å². The summed E-state index contributed by atoms with van der Waals surface area (Å²) in [6.45, 7) is 8.34. The van der Waals surface area contributed by atoms with Crippen LogP contribution in [0.3, 0.4) is 0 Å². The number of aromatic nitrogens is 6. The molecule has 0 fully saturated rings.